The Morgan fingerprint density at radius 1 is 1.38 bits per heavy atom. The second-order valence-corrected chi connectivity index (χ2v) is 6.18. The van der Waals surface area contributed by atoms with Crippen LogP contribution in [0.5, 0.6) is 0 Å². The third-order valence-corrected chi connectivity index (χ3v) is 3.85. The highest BCUT2D eigenvalue weighted by atomic mass is 16.6. The van der Waals surface area contributed by atoms with E-state index in [-0.39, 0.29) is 24.1 Å². The molecule has 5 nitrogen and oxygen atoms in total. The molecule has 21 heavy (non-hydrogen) atoms. The molecule has 1 aliphatic rings. The minimum Gasteiger partial charge on any atom is -0.463 e. The first-order valence-electron chi connectivity index (χ1n) is 7.83. The maximum absolute atomic E-state index is 12.4. The lowest BCUT2D eigenvalue weighted by Gasteiger charge is -2.28. The van der Waals surface area contributed by atoms with Gasteiger partial charge in [-0.15, -0.1) is 0 Å². The zero-order valence-electron chi connectivity index (χ0n) is 13.6. The van der Waals surface area contributed by atoms with Gasteiger partial charge in [0.2, 0.25) is 0 Å². The lowest BCUT2D eigenvalue weighted by molar-refractivity contribution is -0.157. The van der Waals surface area contributed by atoms with Gasteiger partial charge in [0.1, 0.15) is 12.7 Å². The molecule has 0 aromatic rings. The van der Waals surface area contributed by atoms with E-state index in [0.29, 0.717) is 26.1 Å². The molecule has 3 atom stereocenters. The number of esters is 2. The minimum atomic E-state index is -0.515. The molecular formula is C16H28O5. The van der Waals surface area contributed by atoms with Crippen LogP contribution in [0.3, 0.4) is 0 Å². The Morgan fingerprint density at radius 3 is 2.57 bits per heavy atom. The summed E-state index contributed by atoms with van der Waals surface area (Å²) in [5.74, 6) is -0.451. The molecule has 1 aliphatic heterocycles. The second-order valence-electron chi connectivity index (χ2n) is 6.18. The highest BCUT2D eigenvalue weighted by molar-refractivity contribution is 5.76. The minimum absolute atomic E-state index is 0.0874. The Labute approximate surface area is 127 Å². The standard InChI is InChI=1S/C16H28O5/c1-5-6-8-16(4,9-7-12(2)21-13(3)17)15(18)20-11-14-10-19-14/h12,14H,5-11H2,1-4H3. The van der Waals surface area contributed by atoms with Gasteiger partial charge in [0, 0.05) is 6.92 Å². The van der Waals surface area contributed by atoms with E-state index in [1.807, 2.05) is 13.8 Å². The van der Waals surface area contributed by atoms with Gasteiger partial charge in [-0.05, 0) is 33.1 Å². The van der Waals surface area contributed by atoms with Gasteiger partial charge in [-0.2, -0.15) is 0 Å². The van der Waals surface area contributed by atoms with Gasteiger partial charge in [0.25, 0.3) is 0 Å². The monoisotopic (exact) mass is 300 g/mol. The fraction of sp³-hybridized carbons (Fsp3) is 0.875. The summed E-state index contributed by atoms with van der Waals surface area (Å²) in [7, 11) is 0. The Bertz CT molecular complexity index is 351. The zero-order valence-corrected chi connectivity index (χ0v) is 13.6. The molecule has 3 unspecified atom stereocenters. The van der Waals surface area contributed by atoms with Gasteiger partial charge >= 0.3 is 11.9 Å². The maximum Gasteiger partial charge on any atom is 0.311 e. The summed E-state index contributed by atoms with van der Waals surface area (Å²) >= 11 is 0. The van der Waals surface area contributed by atoms with E-state index in [1.54, 1.807) is 0 Å². The SMILES string of the molecule is CCCCC(C)(CCC(C)OC(C)=O)C(=O)OCC1CO1. The summed E-state index contributed by atoms with van der Waals surface area (Å²) in [6.45, 7) is 8.33. The summed E-state index contributed by atoms with van der Waals surface area (Å²) in [5.41, 5.74) is -0.515. The molecule has 122 valence electrons. The van der Waals surface area contributed by atoms with Crippen molar-refractivity contribution in [3.8, 4) is 0 Å². The normalized spacial score (nSPS) is 21.2. The molecule has 0 bridgehead atoms. The maximum atomic E-state index is 12.4. The van der Waals surface area contributed by atoms with Crippen LogP contribution in [0.2, 0.25) is 0 Å². The number of hydrogen-bond donors (Lipinski definition) is 0. The fourth-order valence-corrected chi connectivity index (χ4v) is 2.27. The number of hydrogen-bond acceptors (Lipinski definition) is 5. The third-order valence-electron chi connectivity index (χ3n) is 3.85. The van der Waals surface area contributed by atoms with Crippen LogP contribution in [0, 0.1) is 5.41 Å². The molecule has 1 saturated heterocycles. The summed E-state index contributed by atoms with van der Waals surface area (Å²) in [4.78, 5) is 23.3. The van der Waals surface area contributed by atoms with Crippen molar-refractivity contribution in [1.29, 1.82) is 0 Å². The quantitative estimate of drug-likeness (QED) is 0.458. The molecule has 0 N–H and O–H groups in total. The topological polar surface area (TPSA) is 65.1 Å². The number of rotatable bonds is 10. The Kier molecular flexibility index (Phi) is 7.15. The molecule has 0 aromatic carbocycles. The van der Waals surface area contributed by atoms with Crippen molar-refractivity contribution in [3.63, 3.8) is 0 Å². The van der Waals surface area contributed by atoms with Gasteiger partial charge in [-0.25, -0.2) is 0 Å². The first-order valence-corrected chi connectivity index (χ1v) is 7.83. The summed E-state index contributed by atoms with van der Waals surface area (Å²) < 4.78 is 15.6. The van der Waals surface area contributed by atoms with E-state index in [9.17, 15) is 9.59 Å². The fourth-order valence-electron chi connectivity index (χ4n) is 2.27. The lowest BCUT2D eigenvalue weighted by Crippen LogP contribution is -2.32. The van der Waals surface area contributed by atoms with Crippen LogP contribution in [0.4, 0.5) is 0 Å². The molecule has 0 spiro atoms. The predicted molar refractivity (Wildman–Crippen MR) is 78.8 cm³/mol. The van der Waals surface area contributed by atoms with Crippen LogP contribution in [0.1, 0.15) is 59.8 Å². The third kappa shape index (κ3) is 6.93. The predicted octanol–water partition coefficient (Wildman–Crippen LogP) is 2.86. The van der Waals surface area contributed by atoms with E-state index < -0.39 is 5.41 Å². The number of epoxide rings is 1. The highest BCUT2D eigenvalue weighted by Gasteiger charge is 2.36. The van der Waals surface area contributed by atoms with Crippen molar-refractivity contribution in [3.05, 3.63) is 0 Å². The van der Waals surface area contributed by atoms with Gasteiger partial charge in [-0.3, -0.25) is 9.59 Å². The van der Waals surface area contributed by atoms with Crippen LogP contribution < -0.4 is 0 Å². The number of carbonyl (C=O) groups excluding carboxylic acids is 2. The average molecular weight is 300 g/mol. The number of carbonyl (C=O) groups is 2. The van der Waals surface area contributed by atoms with E-state index >= 15 is 0 Å². The Balaban J connectivity index is 2.49. The smallest absolute Gasteiger partial charge is 0.311 e. The first-order chi connectivity index (χ1) is 9.87. The van der Waals surface area contributed by atoms with Gasteiger partial charge < -0.3 is 14.2 Å². The zero-order chi connectivity index (χ0) is 15.9. The number of unbranched alkanes of at least 4 members (excludes halogenated alkanes) is 1. The van der Waals surface area contributed by atoms with Crippen LogP contribution >= 0.6 is 0 Å². The van der Waals surface area contributed by atoms with Crippen molar-refractivity contribution < 1.29 is 23.8 Å². The summed E-state index contributed by atoms with van der Waals surface area (Å²) in [6.07, 6.45) is 4.04. The largest absolute Gasteiger partial charge is 0.463 e. The second kappa shape index (κ2) is 8.37. The van der Waals surface area contributed by atoms with Gasteiger partial charge in [0.15, 0.2) is 0 Å². The molecule has 1 rings (SSSR count). The van der Waals surface area contributed by atoms with Crippen molar-refractivity contribution in [2.45, 2.75) is 72.0 Å². The van der Waals surface area contributed by atoms with Gasteiger partial charge in [0.05, 0.1) is 18.1 Å². The first kappa shape index (κ1) is 18.0. The molecule has 0 aromatic heterocycles. The van der Waals surface area contributed by atoms with Gasteiger partial charge in [-0.1, -0.05) is 19.8 Å². The highest BCUT2D eigenvalue weighted by Crippen LogP contribution is 2.33. The van der Waals surface area contributed by atoms with Crippen LogP contribution in [0.15, 0.2) is 0 Å². The summed E-state index contributed by atoms with van der Waals surface area (Å²) in [5, 5.41) is 0. The van der Waals surface area contributed by atoms with E-state index in [2.05, 4.69) is 6.92 Å². The molecule has 0 saturated carbocycles. The van der Waals surface area contributed by atoms with Crippen LogP contribution in [-0.2, 0) is 23.8 Å². The van der Waals surface area contributed by atoms with Crippen LogP contribution in [0.25, 0.3) is 0 Å². The molecule has 0 aliphatic carbocycles. The van der Waals surface area contributed by atoms with Crippen molar-refractivity contribution in [2.24, 2.45) is 5.41 Å². The van der Waals surface area contributed by atoms with E-state index in [1.165, 1.54) is 6.92 Å². The van der Waals surface area contributed by atoms with E-state index in [4.69, 9.17) is 14.2 Å². The Hall–Kier alpha value is -1.10. The number of ether oxygens (including phenoxy) is 3. The van der Waals surface area contributed by atoms with E-state index in [0.717, 1.165) is 19.3 Å². The van der Waals surface area contributed by atoms with Crippen LogP contribution in [-0.4, -0.2) is 37.4 Å². The summed E-state index contributed by atoms with van der Waals surface area (Å²) in [6, 6.07) is 0. The molecular weight excluding hydrogens is 272 g/mol. The van der Waals surface area contributed by atoms with Crippen molar-refractivity contribution in [1.82, 2.24) is 0 Å². The Morgan fingerprint density at radius 2 is 2.05 bits per heavy atom. The molecule has 1 fully saturated rings. The molecule has 0 amide bonds. The molecule has 1 heterocycles. The van der Waals surface area contributed by atoms with Crippen molar-refractivity contribution in [2.75, 3.05) is 13.2 Å². The average Bonchev–Trinajstić information content (AvgIpc) is 3.23. The lowest BCUT2D eigenvalue weighted by atomic mass is 9.80. The van der Waals surface area contributed by atoms with Crippen molar-refractivity contribution >= 4 is 11.9 Å². The molecule has 5 heteroatoms. The molecule has 0 radical (unpaired) electrons.